The average molecular weight is 383 g/mol. The van der Waals surface area contributed by atoms with E-state index in [4.69, 9.17) is 0 Å². The number of halogens is 1. The number of H-pyrrole nitrogens is 1. The standard InChI is InChI=1S/C21H22FN3O3/c22-17-5-2-1-4-16(17)13-24-10-3-8-21(20(24)28)9-11-25(14-21)19(27)15-6-7-18(26)23-12-15/h1-2,4-7,12H,3,8-11,13-14H2,(H,23,26)/t21-/m1/s1. The zero-order valence-corrected chi connectivity index (χ0v) is 15.5. The number of likely N-dealkylation sites (tertiary alicyclic amines) is 2. The number of aromatic amines is 1. The molecular formula is C21H22FN3O3. The first kappa shape index (κ1) is 18.4. The van der Waals surface area contributed by atoms with Crippen LogP contribution in [0.2, 0.25) is 0 Å². The van der Waals surface area contributed by atoms with Gasteiger partial charge in [0.2, 0.25) is 11.5 Å². The lowest BCUT2D eigenvalue weighted by atomic mass is 9.78. The number of carbonyl (C=O) groups is 2. The number of piperidine rings is 1. The molecule has 0 saturated carbocycles. The molecule has 1 aromatic heterocycles. The molecule has 1 aromatic carbocycles. The van der Waals surface area contributed by atoms with Gasteiger partial charge >= 0.3 is 0 Å². The Balaban J connectivity index is 1.49. The maximum Gasteiger partial charge on any atom is 0.255 e. The molecule has 1 N–H and O–H groups in total. The molecule has 6 nitrogen and oxygen atoms in total. The van der Waals surface area contributed by atoms with E-state index < -0.39 is 5.41 Å². The van der Waals surface area contributed by atoms with Crippen molar-refractivity contribution in [3.8, 4) is 0 Å². The quantitative estimate of drug-likeness (QED) is 0.883. The zero-order valence-electron chi connectivity index (χ0n) is 15.5. The Bertz CT molecular complexity index is 953. The molecule has 2 fully saturated rings. The summed E-state index contributed by atoms with van der Waals surface area (Å²) in [5.74, 6) is -0.498. The monoisotopic (exact) mass is 383 g/mol. The van der Waals surface area contributed by atoms with Gasteiger partial charge in [-0.2, -0.15) is 0 Å². The van der Waals surface area contributed by atoms with Gasteiger partial charge in [-0.1, -0.05) is 18.2 Å². The topological polar surface area (TPSA) is 73.5 Å². The lowest BCUT2D eigenvalue weighted by molar-refractivity contribution is -0.146. The summed E-state index contributed by atoms with van der Waals surface area (Å²) >= 11 is 0. The van der Waals surface area contributed by atoms with Crippen molar-refractivity contribution < 1.29 is 14.0 Å². The molecule has 2 aliphatic rings. The lowest BCUT2D eigenvalue weighted by Gasteiger charge is -2.39. The van der Waals surface area contributed by atoms with Gasteiger partial charge in [-0.25, -0.2) is 4.39 Å². The molecule has 3 heterocycles. The van der Waals surface area contributed by atoms with Crippen molar-refractivity contribution in [2.75, 3.05) is 19.6 Å². The maximum absolute atomic E-state index is 14.0. The predicted molar refractivity (Wildman–Crippen MR) is 101 cm³/mol. The van der Waals surface area contributed by atoms with E-state index in [0.717, 1.165) is 12.8 Å². The van der Waals surface area contributed by atoms with Crippen LogP contribution in [-0.4, -0.2) is 46.2 Å². The smallest absolute Gasteiger partial charge is 0.255 e. The van der Waals surface area contributed by atoms with Gasteiger partial charge in [0.1, 0.15) is 5.82 Å². The minimum Gasteiger partial charge on any atom is -0.338 e. The zero-order chi connectivity index (χ0) is 19.7. The van der Waals surface area contributed by atoms with E-state index in [-0.39, 0.29) is 29.7 Å². The number of pyridine rings is 1. The summed E-state index contributed by atoms with van der Waals surface area (Å²) in [6.45, 7) is 1.71. The molecule has 7 heteroatoms. The second kappa shape index (κ2) is 7.22. The number of nitrogens with one attached hydrogen (secondary N) is 1. The number of amides is 2. The SMILES string of the molecule is O=C(c1ccc(=O)[nH]c1)N1CC[C@]2(CCCN(Cc3ccccc3F)C2=O)C1. The van der Waals surface area contributed by atoms with Crippen LogP contribution < -0.4 is 5.56 Å². The Hall–Kier alpha value is -2.96. The Morgan fingerprint density at radius 1 is 1.11 bits per heavy atom. The van der Waals surface area contributed by atoms with Gasteiger partial charge in [0.25, 0.3) is 5.91 Å². The van der Waals surface area contributed by atoms with Gasteiger partial charge < -0.3 is 14.8 Å². The largest absolute Gasteiger partial charge is 0.338 e. The van der Waals surface area contributed by atoms with Crippen molar-refractivity contribution in [3.63, 3.8) is 0 Å². The van der Waals surface area contributed by atoms with E-state index >= 15 is 0 Å². The summed E-state index contributed by atoms with van der Waals surface area (Å²) in [7, 11) is 0. The highest BCUT2D eigenvalue weighted by molar-refractivity contribution is 5.95. The highest BCUT2D eigenvalue weighted by Crippen LogP contribution is 2.41. The molecule has 28 heavy (non-hydrogen) atoms. The van der Waals surface area contributed by atoms with Crippen LogP contribution in [0, 0.1) is 11.2 Å². The first-order chi connectivity index (χ1) is 13.5. The Morgan fingerprint density at radius 2 is 1.93 bits per heavy atom. The molecule has 2 saturated heterocycles. The van der Waals surface area contributed by atoms with Gasteiger partial charge in [0, 0.05) is 44.0 Å². The van der Waals surface area contributed by atoms with Gasteiger partial charge in [0.15, 0.2) is 0 Å². The van der Waals surface area contributed by atoms with Crippen LogP contribution in [0.5, 0.6) is 0 Å². The fourth-order valence-electron chi connectivity index (χ4n) is 4.29. The number of carbonyl (C=O) groups excluding carboxylic acids is 2. The number of aromatic nitrogens is 1. The van der Waals surface area contributed by atoms with E-state index in [2.05, 4.69) is 4.98 Å². The first-order valence-corrected chi connectivity index (χ1v) is 9.49. The van der Waals surface area contributed by atoms with E-state index in [0.29, 0.717) is 37.2 Å². The van der Waals surface area contributed by atoms with Crippen LogP contribution in [0.25, 0.3) is 0 Å². The summed E-state index contributed by atoms with van der Waals surface area (Å²) in [4.78, 5) is 43.1. The van der Waals surface area contributed by atoms with Crippen LogP contribution in [0.15, 0.2) is 47.4 Å². The maximum atomic E-state index is 14.0. The minimum atomic E-state index is -0.596. The molecular weight excluding hydrogens is 361 g/mol. The Morgan fingerprint density at radius 3 is 2.68 bits per heavy atom. The number of benzene rings is 1. The first-order valence-electron chi connectivity index (χ1n) is 9.49. The Labute approximate surface area is 162 Å². The van der Waals surface area contributed by atoms with Crippen LogP contribution in [0.3, 0.4) is 0 Å². The summed E-state index contributed by atoms with van der Waals surface area (Å²) in [5.41, 5.74) is 0.0531. The summed E-state index contributed by atoms with van der Waals surface area (Å²) < 4.78 is 14.0. The number of hydrogen-bond acceptors (Lipinski definition) is 3. The highest BCUT2D eigenvalue weighted by Gasteiger charge is 2.49. The Kier molecular flexibility index (Phi) is 4.75. The third-order valence-electron chi connectivity index (χ3n) is 5.82. The number of hydrogen-bond donors (Lipinski definition) is 1. The second-order valence-corrected chi connectivity index (χ2v) is 7.62. The van der Waals surface area contributed by atoms with Crippen LogP contribution >= 0.6 is 0 Å². The highest BCUT2D eigenvalue weighted by atomic mass is 19.1. The van der Waals surface area contributed by atoms with Crippen LogP contribution in [0.1, 0.15) is 35.2 Å². The average Bonchev–Trinajstić information content (AvgIpc) is 3.12. The van der Waals surface area contributed by atoms with Crippen molar-refractivity contribution >= 4 is 11.8 Å². The molecule has 0 aliphatic carbocycles. The third kappa shape index (κ3) is 3.32. The van der Waals surface area contributed by atoms with Gasteiger partial charge in [-0.3, -0.25) is 14.4 Å². The minimum absolute atomic E-state index is 0.00114. The summed E-state index contributed by atoms with van der Waals surface area (Å²) in [5, 5.41) is 0. The molecule has 1 spiro atoms. The predicted octanol–water partition coefficient (Wildman–Crippen LogP) is 2.17. The molecule has 0 unspecified atom stereocenters. The van der Waals surface area contributed by atoms with Crippen molar-refractivity contribution in [1.29, 1.82) is 0 Å². The fraction of sp³-hybridized carbons (Fsp3) is 0.381. The molecule has 1 atom stereocenters. The molecule has 146 valence electrons. The third-order valence-corrected chi connectivity index (χ3v) is 5.82. The van der Waals surface area contributed by atoms with Crippen LogP contribution in [0.4, 0.5) is 4.39 Å². The molecule has 0 radical (unpaired) electrons. The molecule has 4 rings (SSSR count). The fourth-order valence-corrected chi connectivity index (χ4v) is 4.29. The van der Waals surface area contributed by atoms with Crippen LogP contribution in [-0.2, 0) is 11.3 Å². The van der Waals surface area contributed by atoms with Gasteiger partial charge in [0.05, 0.1) is 11.0 Å². The number of nitrogens with zero attached hydrogens (tertiary/aromatic N) is 2. The van der Waals surface area contributed by atoms with Crippen molar-refractivity contribution in [1.82, 2.24) is 14.8 Å². The molecule has 2 amide bonds. The van der Waals surface area contributed by atoms with Gasteiger partial charge in [-0.05, 0) is 31.4 Å². The lowest BCUT2D eigenvalue weighted by Crippen LogP contribution is -2.50. The van der Waals surface area contributed by atoms with E-state index in [9.17, 15) is 18.8 Å². The normalized spacial score (nSPS) is 22.1. The van der Waals surface area contributed by atoms with E-state index in [1.165, 1.54) is 24.4 Å². The van der Waals surface area contributed by atoms with Crippen molar-refractivity contribution in [3.05, 3.63) is 69.9 Å². The number of rotatable bonds is 3. The molecule has 2 aliphatic heterocycles. The summed E-state index contributed by atoms with van der Waals surface area (Å²) in [6, 6.07) is 9.32. The van der Waals surface area contributed by atoms with E-state index in [1.807, 2.05) is 0 Å². The van der Waals surface area contributed by atoms with E-state index in [1.54, 1.807) is 28.0 Å². The second-order valence-electron chi connectivity index (χ2n) is 7.62. The molecule has 0 bridgehead atoms. The van der Waals surface area contributed by atoms with Gasteiger partial charge in [-0.15, -0.1) is 0 Å². The molecule has 2 aromatic rings. The van der Waals surface area contributed by atoms with Crippen molar-refractivity contribution in [2.24, 2.45) is 5.41 Å². The van der Waals surface area contributed by atoms with Crippen molar-refractivity contribution in [2.45, 2.75) is 25.8 Å². The summed E-state index contributed by atoms with van der Waals surface area (Å²) in [6.07, 6.45) is 3.58.